The van der Waals surface area contributed by atoms with Gasteiger partial charge in [-0.05, 0) is 30.3 Å². The quantitative estimate of drug-likeness (QED) is 0.642. The van der Waals surface area contributed by atoms with Gasteiger partial charge in [0.2, 0.25) is 0 Å². The van der Waals surface area contributed by atoms with Gasteiger partial charge in [-0.2, -0.15) is 0 Å². The van der Waals surface area contributed by atoms with Crippen LogP contribution >= 0.6 is 11.6 Å². The zero-order valence-electron chi connectivity index (χ0n) is 13.7. The van der Waals surface area contributed by atoms with E-state index in [9.17, 15) is 22.4 Å². The summed E-state index contributed by atoms with van der Waals surface area (Å²) in [5.41, 5.74) is -0.130. The Hall–Kier alpha value is -2.85. The van der Waals surface area contributed by atoms with Gasteiger partial charge in [-0.15, -0.1) is 0 Å². The summed E-state index contributed by atoms with van der Waals surface area (Å²) < 4.78 is 51.4. The number of rotatable bonds is 5. The molecule has 8 nitrogen and oxygen atoms in total. The van der Waals surface area contributed by atoms with Gasteiger partial charge in [0.1, 0.15) is 12.4 Å². The minimum absolute atomic E-state index is 0.0524. The second kappa shape index (κ2) is 7.05. The first-order chi connectivity index (χ1) is 12.7. The molecule has 1 aromatic heterocycles. The average molecular weight is 415 g/mol. The number of sulfonamides is 1. The molecule has 0 aliphatic rings. The summed E-state index contributed by atoms with van der Waals surface area (Å²) in [6.45, 7) is -0.386. The highest BCUT2D eigenvalue weighted by molar-refractivity contribution is 7.92. The molecule has 11 heteroatoms. The molecule has 0 bridgehead atoms. The molecule has 0 saturated carbocycles. The predicted octanol–water partition coefficient (Wildman–Crippen LogP) is 2.36. The molecular formula is C16H12ClFN2O6S. The average Bonchev–Trinajstić information content (AvgIpc) is 2.92. The van der Waals surface area contributed by atoms with Crippen molar-refractivity contribution in [1.29, 1.82) is 0 Å². The molecule has 3 aromatic rings. The van der Waals surface area contributed by atoms with Crippen molar-refractivity contribution in [2.75, 3.05) is 11.8 Å². The molecule has 27 heavy (non-hydrogen) atoms. The van der Waals surface area contributed by atoms with E-state index in [2.05, 4.69) is 9.46 Å². The maximum Gasteiger partial charge on any atom is 0.420 e. The van der Waals surface area contributed by atoms with Crippen molar-refractivity contribution in [3.8, 4) is 0 Å². The fourth-order valence-electron chi connectivity index (χ4n) is 2.33. The van der Waals surface area contributed by atoms with Gasteiger partial charge in [-0.3, -0.25) is 14.1 Å². The lowest BCUT2D eigenvalue weighted by atomic mass is 10.3. The van der Waals surface area contributed by atoms with Crippen molar-refractivity contribution >= 4 is 44.4 Å². The molecule has 0 radical (unpaired) electrons. The van der Waals surface area contributed by atoms with Gasteiger partial charge < -0.3 is 9.15 Å². The summed E-state index contributed by atoms with van der Waals surface area (Å²) >= 11 is 5.64. The Balaban J connectivity index is 1.99. The molecule has 0 amide bonds. The summed E-state index contributed by atoms with van der Waals surface area (Å²) in [6, 6.07) is 7.07. The lowest BCUT2D eigenvalue weighted by Crippen LogP contribution is -2.20. The van der Waals surface area contributed by atoms with Gasteiger partial charge >= 0.3 is 11.7 Å². The number of halogens is 2. The smallest absolute Gasteiger partial charge is 0.420 e. The molecule has 1 N–H and O–H groups in total. The van der Waals surface area contributed by atoms with E-state index in [4.69, 9.17) is 16.0 Å². The monoisotopic (exact) mass is 414 g/mol. The largest absolute Gasteiger partial charge is 0.468 e. The molecule has 2 aromatic carbocycles. The van der Waals surface area contributed by atoms with E-state index in [-0.39, 0.29) is 33.2 Å². The van der Waals surface area contributed by atoms with Gasteiger partial charge in [0.05, 0.1) is 23.2 Å². The van der Waals surface area contributed by atoms with Crippen LogP contribution in [0.25, 0.3) is 11.1 Å². The molecule has 3 rings (SSSR count). The minimum Gasteiger partial charge on any atom is -0.468 e. The van der Waals surface area contributed by atoms with Crippen molar-refractivity contribution in [1.82, 2.24) is 4.57 Å². The van der Waals surface area contributed by atoms with Gasteiger partial charge in [0, 0.05) is 11.1 Å². The molecule has 0 spiro atoms. The SMILES string of the molecule is COC(=O)Cn1c(=O)oc2cc(S(=O)(=O)Nc3ccc(Cl)cc3F)ccc21. The molecule has 1 heterocycles. The van der Waals surface area contributed by atoms with E-state index in [1.54, 1.807) is 0 Å². The van der Waals surface area contributed by atoms with Gasteiger partial charge in [0.25, 0.3) is 10.0 Å². The van der Waals surface area contributed by atoms with E-state index in [0.717, 1.165) is 16.7 Å². The Morgan fingerprint density at radius 3 is 2.70 bits per heavy atom. The molecule has 142 valence electrons. The van der Waals surface area contributed by atoms with Gasteiger partial charge in [-0.25, -0.2) is 17.6 Å². The van der Waals surface area contributed by atoms with Crippen LogP contribution in [0.3, 0.4) is 0 Å². The first-order valence-corrected chi connectivity index (χ1v) is 9.25. The number of hydrogen-bond donors (Lipinski definition) is 1. The lowest BCUT2D eigenvalue weighted by molar-refractivity contribution is -0.141. The van der Waals surface area contributed by atoms with Gasteiger partial charge in [0.15, 0.2) is 5.58 Å². The Morgan fingerprint density at radius 1 is 1.30 bits per heavy atom. The van der Waals surface area contributed by atoms with Crippen molar-refractivity contribution in [3.05, 3.63) is 57.8 Å². The number of aromatic nitrogens is 1. The number of anilines is 1. The predicted molar refractivity (Wildman–Crippen MR) is 94.7 cm³/mol. The number of benzene rings is 2. The maximum atomic E-state index is 13.8. The van der Waals surface area contributed by atoms with Crippen molar-refractivity contribution in [2.24, 2.45) is 0 Å². The minimum atomic E-state index is -4.17. The number of esters is 1. The highest BCUT2D eigenvalue weighted by Gasteiger charge is 2.20. The second-order valence-electron chi connectivity index (χ2n) is 5.39. The normalized spacial score (nSPS) is 11.5. The molecule has 0 aliphatic carbocycles. The number of methoxy groups -OCH3 is 1. The third kappa shape index (κ3) is 3.81. The Kier molecular flexibility index (Phi) is 4.94. The number of ether oxygens (including phenoxy) is 1. The summed E-state index contributed by atoms with van der Waals surface area (Å²) in [6.07, 6.45) is 0. The molecule has 0 aliphatic heterocycles. The molecule has 0 atom stereocenters. The van der Waals surface area contributed by atoms with Crippen LogP contribution in [0.2, 0.25) is 5.02 Å². The third-order valence-electron chi connectivity index (χ3n) is 3.64. The molecule has 0 fully saturated rings. The molecule has 0 saturated heterocycles. The number of carbonyl (C=O) groups is 1. The van der Waals surface area contributed by atoms with Crippen LogP contribution in [0.5, 0.6) is 0 Å². The lowest BCUT2D eigenvalue weighted by Gasteiger charge is -2.09. The number of fused-ring (bicyclic) bond motifs is 1. The van der Waals surface area contributed by atoms with Crippen LogP contribution in [0, 0.1) is 5.82 Å². The van der Waals surface area contributed by atoms with Gasteiger partial charge in [-0.1, -0.05) is 11.6 Å². The van der Waals surface area contributed by atoms with Crippen LogP contribution in [0.15, 0.2) is 50.5 Å². The summed E-state index contributed by atoms with van der Waals surface area (Å²) in [7, 11) is -3.00. The number of carbonyl (C=O) groups excluding carboxylic acids is 1. The van der Waals surface area contributed by atoms with E-state index in [1.165, 1.54) is 31.4 Å². The Labute approximate surface area is 157 Å². The Bertz CT molecular complexity index is 1200. The zero-order valence-corrected chi connectivity index (χ0v) is 15.3. The third-order valence-corrected chi connectivity index (χ3v) is 5.24. The second-order valence-corrected chi connectivity index (χ2v) is 7.51. The molecular weight excluding hydrogens is 403 g/mol. The first-order valence-electron chi connectivity index (χ1n) is 7.39. The van der Waals surface area contributed by atoms with E-state index < -0.39 is 27.6 Å². The standard InChI is InChI=1S/C16H12ClFN2O6S/c1-25-15(21)8-20-13-5-3-10(7-14(13)26-16(20)22)27(23,24)19-12-4-2-9(17)6-11(12)18/h2-7,19H,8H2,1H3. The van der Waals surface area contributed by atoms with E-state index >= 15 is 0 Å². The van der Waals surface area contributed by atoms with Crippen molar-refractivity contribution in [3.63, 3.8) is 0 Å². The van der Waals surface area contributed by atoms with Crippen LogP contribution in [-0.4, -0.2) is 26.1 Å². The van der Waals surface area contributed by atoms with E-state index in [0.29, 0.717) is 0 Å². The van der Waals surface area contributed by atoms with Crippen molar-refractivity contribution in [2.45, 2.75) is 11.4 Å². The fraction of sp³-hybridized carbons (Fsp3) is 0.125. The maximum absolute atomic E-state index is 13.8. The highest BCUT2D eigenvalue weighted by Crippen LogP contribution is 2.24. The van der Waals surface area contributed by atoms with Crippen LogP contribution in [0.4, 0.5) is 10.1 Å². The van der Waals surface area contributed by atoms with Crippen LogP contribution in [0.1, 0.15) is 0 Å². The number of hydrogen-bond acceptors (Lipinski definition) is 6. The van der Waals surface area contributed by atoms with Crippen LogP contribution < -0.4 is 10.5 Å². The first kappa shape index (κ1) is 18.9. The topological polar surface area (TPSA) is 108 Å². The van der Waals surface area contributed by atoms with Crippen molar-refractivity contribution < 1.29 is 26.8 Å². The zero-order chi connectivity index (χ0) is 19.8. The highest BCUT2D eigenvalue weighted by atomic mass is 35.5. The summed E-state index contributed by atoms with van der Waals surface area (Å²) in [5.74, 6) is -2.36. The number of nitrogens with zero attached hydrogens (tertiary/aromatic N) is 1. The number of nitrogens with one attached hydrogen (secondary N) is 1. The fourth-order valence-corrected chi connectivity index (χ4v) is 3.57. The molecule has 0 unspecified atom stereocenters. The van der Waals surface area contributed by atoms with Crippen LogP contribution in [-0.2, 0) is 26.1 Å². The van der Waals surface area contributed by atoms with E-state index in [1.807, 2.05) is 0 Å². The summed E-state index contributed by atoms with van der Waals surface area (Å²) in [4.78, 5) is 23.0. The Morgan fingerprint density at radius 2 is 2.04 bits per heavy atom. The number of oxazole rings is 1. The summed E-state index contributed by atoms with van der Waals surface area (Å²) in [5, 5.41) is 0.116.